The molecule has 0 unspecified atom stereocenters. The molecule has 1 N–H and O–H groups in total. The molecule has 3 rings (SSSR count). The van der Waals surface area contributed by atoms with Gasteiger partial charge in [-0.15, -0.1) is 11.3 Å². The average Bonchev–Trinajstić information content (AvgIpc) is 3.14. The second-order valence-corrected chi connectivity index (χ2v) is 7.22. The standard InChI is InChI=1S/C19H24N2O2S/c1-20-13-15-7-9-21(10-8-15)19(22)16-4-2-5-17(12-16)23-14-18-6-3-11-24-18/h2-6,11-12,15,20H,7-10,13-14H2,1H3. The molecule has 0 atom stereocenters. The normalized spacial score (nSPS) is 15.5. The molecule has 0 bridgehead atoms. The van der Waals surface area contributed by atoms with E-state index in [1.165, 1.54) is 4.88 Å². The van der Waals surface area contributed by atoms with Gasteiger partial charge in [-0.25, -0.2) is 0 Å². The van der Waals surface area contributed by atoms with E-state index in [9.17, 15) is 4.79 Å². The lowest BCUT2D eigenvalue weighted by Gasteiger charge is -2.32. The van der Waals surface area contributed by atoms with E-state index in [0.717, 1.165) is 38.2 Å². The first-order valence-electron chi connectivity index (χ1n) is 8.45. The molecule has 0 radical (unpaired) electrons. The number of likely N-dealkylation sites (tertiary alicyclic amines) is 1. The van der Waals surface area contributed by atoms with Crippen molar-refractivity contribution in [1.29, 1.82) is 0 Å². The van der Waals surface area contributed by atoms with Gasteiger partial charge in [0.1, 0.15) is 12.4 Å². The summed E-state index contributed by atoms with van der Waals surface area (Å²) in [4.78, 5) is 15.8. The van der Waals surface area contributed by atoms with Gasteiger partial charge in [0.05, 0.1) is 0 Å². The summed E-state index contributed by atoms with van der Waals surface area (Å²) >= 11 is 1.67. The fourth-order valence-corrected chi connectivity index (χ4v) is 3.70. The quantitative estimate of drug-likeness (QED) is 0.873. The Morgan fingerprint density at radius 2 is 2.12 bits per heavy atom. The first kappa shape index (κ1) is 17.0. The third kappa shape index (κ3) is 4.36. The van der Waals surface area contributed by atoms with E-state index in [0.29, 0.717) is 18.1 Å². The van der Waals surface area contributed by atoms with Crippen molar-refractivity contribution >= 4 is 17.2 Å². The van der Waals surface area contributed by atoms with Crippen LogP contribution in [0.4, 0.5) is 0 Å². The Kier molecular flexibility index (Phi) is 5.88. The maximum absolute atomic E-state index is 12.7. The molecule has 4 nitrogen and oxygen atoms in total. The van der Waals surface area contributed by atoms with Gasteiger partial charge in [-0.05, 0) is 62.0 Å². The predicted octanol–water partition coefficient (Wildman–Crippen LogP) is 3.40. The van der Waals surface area contributed by atoms with Crippen LogP contribution in [0.5, 0.6) is 5.75 Å². The highest BCUT2D eigenvalue weighted by molar-refractivity contribution is 7.09. The summed E-state index contributed by atoms with van der Waals surface area (Å²) in [6.07, 6.45) is 2.14. The molecule has 128 valence electrons. The number of hydrogen-bond acceptors (Lipinski definition) is 4. The van der Waals surface area contributed by atoms with E-state index in [2.05, 4.69) is 11.4 Å². The number of nitrogens with one attached hydrogen (secondary N) is 1. The van der Waals surface area contributed by atoms with Crippen molar-refractivity contribution in [3.8, 4) is 5.75 Å². The largest absolute Gasteiger partial charge is 0.488 e. The number of benzene rings is 1. The molecular formula is C19H24N2O2S. The Hall–Kier alpha value is -1.85. The van der Waals surface area contributed by atoms with E-state index < -0.39 is 0 Å². The maximum atomic E-state index is 12.7. The van der Waals surface area contributed by atoms with Gasteiger partial charge in [0.2, 0.25) is 0 Å². The number of amides is 1. The predicted molar refractivity (Wildman–Crippen MR) is 97.6 cm³/mol. The highest BCUT2D eigenvalue weighted by Crippen LogP contribution is 2.21. The van der Waals surface area contributed by atoms with Crippen LogP contribution in [0, 0.1) is 5.92 Å². The summed E-state index contributed by atoms with van der Waals surface area (Å²) in [5.41, 5.74) is 0.714. The molecule has 2 aromatic rings. The van der Waals surface area contributed by atoms with E-state index in [-0.39, 0.29) is 5.91 Å². The van der Waals surface area contributed by atoms with Crippen molar-refractivity contribution in [2.24, 2.45) is 5.92 Å². The van der Waals surface area contributed by atoms with Crippen LogP contribution < -0.4 is 10.1 Å². The Morgan fingerprint density at radius 1 is 1.29 bits per heavy atom. The van der Waals surface area contributed by atoms with Gasteiger partial charge in [0, 0.05) is 23.5 Å². The average molecular weight is 344 g/mol. The van der Waals surface area contributed by atoms with E-state index in [1.807, 2.05) is 47.7 Å². The molecule has 1 aliphatic heterocycles. The molecule has 1 fully saturated rings. The topological polar surface area (TPSA) is 41.6 Å². The van der Waals surface area contributed by atoms with Crippen molar-refractivity contribution in [1.82, 2.24) is 10.2 Å². The van der Waals surface area contributed by atoms with Crippen molar-refractivity contribution in [3.05, 3.63) is 52.2 Å². The fourth-order valence-electron chi connectivity index (χ4n) is 3.08. The monoisotopic (exact) mass is 344 g/mol. The molecule has 1 aromatic heterocycles. The van der Waals surface area contributed by atoms with Crippen LogP contribution in [0.2, 0.25) is 0 Å². The van der Waals surface area contributed by atoms with Crippen molar-refractivity contribution in [2.45, 2.75) is 19.4 Å². The second kappa shape index (κ2) is 8.31. The van der Waals surface area contributed by atoms with Crippen LogP contribution in [0.25, 0.3) is 0 Å². The minimum atomic E-state index is 0.111. The number of nitrogens with zero attached hydrogens (tertiary/aromatic N) is 1. The highest BCUT2D eigenvalue weighted by atomic mass is 32.1. The number of thiophene rings is 1. The number of carbonyl (C=O) groups is 1. The van der Waals surface area contributed by atoms with Crippen LogP contribution in [0.15, 0.2) is 41.8 Å². The molecular weight excluding hydrogens is 320 g/mol. The summed E-state index contributed by atoms with van der Waals surface area (Å²) in [5.74, 6) is 1.54. The summed E-state index contributed by atoms with van der Waals surface area (Å²) in [7, 11) is 1.99. The Labute approximate surface area is 147 Å². The van der Waals surface area contributed by atoms with Crippen molar-refractivity contribution < 1.29 is 9.53 Å². The molecule has 1 aliphatic rings. The molecule has 1 saturated heterocycles. The van der Waals surface area contributed by atoms with Gasteiger partial charge in [-0.2, -0.15) is 0 Å². The Morgan fingerprint density at radius 3 is 2.83 bits per heavy atom. The minimum absolute atomic E-state index is 0.111. The number of rotatable bonds is 6. The number of ether oxygens (including phenoxy) is 1. The third-order valence-corrected chi connectivity index (χ3v) is 5.29. The molecule has 1 aromatic carbocycles. The molecule has 5 heteroatoms. The Bertz CT molecular complexity index is 649. The molecule has 1 amide bonds. The molecule has 2 heterocycles. The zero-order chi connectivity index (χ0) is 16.8. The summed E-state index contributed by atoms with van der Waals surface area (Å²) in [6.45, 7) is 3.26. The maximum Gasteiger partial charge on any atom is 0.253 e. The van der Waals surface area contributed by atoms with Gasteiger partial charge < -0.3 is 15.0 Å². The van der Waals surface area contributed by atoms with Gasteiger partial charge in [0.25, 0.3) is 5.91 Å². The third-order valence-electron chi connectivity index (χ3n) is 4.44. The lowest BCUT2D eigenvalue weighted by atomic mass is 9.96. The van der Waals surface area contributed by atoms with Crippen molar-refractivity contribution in [2.75, 3.05) is 26.7 Å². The zero-order valence-corrected chi connectivity index (χ0v) is 14.8. The number of hydrogen-bond donors (Lipinski definition) is 1. The SMILES string of the molecule is CNCC1CCN(C(=O)c2cccc(OCc3cccs3)c2)CC1. The van der Waals surface area contributed by atoms with Crippen LogP contribution in [0.1, 0.15) is 28.1 Å². The minimum Gasteiger partial charge on any atom is -0.488 e. The summed E-state index contributed by atoms with van der Waals surface area (Å²) in [6, 6.07) is 11.6. The zero-order valence-electron chi connectivity index (χ0n) is 14.0. The van der Waals surface area contributed by atoms with Gasteiger partial charge in [-0.3, -0.25) is 4.79 Å². The highest BCUT2D eigenvalue weighted by Gasteiger charge is 2.23. The fraction of sp³-hybridized carbons (Fsp3) is 0.421. The van der Waals surface area contributed by atoms with Crippen LogP contribution in [-0.2, 0) is 6.61 Å². The molecule has 24 heavy (non-hydrogen) atoms. The molecule has 0 saturated carbocycles. The summed E-state index contributed by atoms with van der Waals surface area (Å²) < 4.78 is 5.81. The molecule has 0 spiro atoms. The van der Waals surface area contributed by atoms with Crippen LogP contribution in [-0.4, -0.2) is 37.5 Å². The van der Waals surface area contributed by atoms with Crippen LogP contribution in [0.3, 0.4) is 0 Å². The van der Waals surface area contributed by atoms with Crippen LogP contribution >= 0.6 is 11.3 Å². The number of carbonyl (C=O) groups excluding carboxylic acids is 1. The first-order valence-corrected chi connectivity index (χ1v) is 9.33. The first-order chi connectivity index (χ1) is 11.8. The Balaban J connectivity index is 1.58. The second-order valence-electron chi connectivity index (χ2n) is 6.19. The van der Waals surface area contributed by atoms with E-state index >= 15 is 0 Å². The smallest absolute Gasteiger partial charge is 0.253 e. The van der Waals surface area contributed by atoms with E-state index in [4.69, 9.17) is 4.74 Å². The van der Waals surface area contributed by atoms with Crippen molar-refractivity contribution in [3.63, 3.8) is 0 Å². The molecule has 0 aliphatic carbocycles. The number of piperidine rings is 1. The van der Waals surface area contributed by atoms with Gasteiger partial charge >= 0.3 is 0 Å². The summed E-state index contributed by atoms with van der Waals surface area (Å²) in [5, 5.41) is 5.27. The van der Waals surface area contributed by atoms with Gasteiger partial charge in [0.15, 0.2) is 0 Å². The van der Waals surface area contributed by atoms with E-state index in [1.54, 1.807) is 11.3 Å². The lowest BCUT2D eigenvalue weighted by molar-refractivity contribution is 0.0690. The lowest BCUT2D eigenvalue weighted by Crippen LogP contribution is -2.40. The van der Waals surface area contributed by atoms with Gasteiger partial charge in [-0.1, -0.05) is 12.1 Å².